The molecule has 4 saturated heterocycles. The van der Waals surface area contributed by atoms with E-state index < -0.39 is 118 Å². The number of likely N-dealkylation sites (N-methyl/N-ethyl adjacent to an activating group) is 1. The number of aromatic amines is 2. The lowest BCUT2D eigenvalue weighted by atomic mass is 9.96. The number of β-amino-alcohol motifs (C(OH)–C–C–N with tert-alkyl or cyclic N) is 2. The molecule has 4 amide bonds. The van der Waals surface area contributed by atoms with Crippen molar-refractivity contribution in [1.29, 1.82) is 0 Å². The Bertz CT molecular complexity index is 3990. The van der Waals surface area contributed by atoms with Gasteiger partial charge in [0.2, 0.25) is 23.6 Å². The third-order valence-corrected chi connectivity index (χ3v) is 26.3. The molecule has 2 aromatic heterocycles. The summed E-state index contributed by atoms with van der Waals surface area (Å²) in [6.45, 7) is 10.9. The van der Waals surface area contributed by atoms with Gasteiger partial charge in [0.25, 0.3) is 11.1 Å². The van der Waals surface area contributed by atoms with E-state index in [4.69, 9.17) is 28.0 Å². The quantitative estimate of drug-likeness (QED) is 0.0142. The number of carbonyl (C=O) groups excluding carboxylic acids is 6. The number of rotatable bonds is 69. The van der Waals surface area contributed by atoms with Gasteiger partial charge in [0.05, 0.1) is 56.6 Å². The Labute approximate surface area is 802 Å². The number of Topliss-reactive ketones (excluding diaryl/α,β-unsaturated/α-hetero) is 2. The Hall–Kier alpha value is -6.17. The van der Waals surface area contributed by atoms with Crippen molar-refractivity contribution in [3.05, 3.63) is 102 Å². The monoisotopic (exact) mass is 1950 g/mol. The van der Waals surface area contributed by atoms with Crippen LogP contribution in [-0.4, -0.2) is 227 Å². The van der Waals surface area contributed by atoms with Crippen molar-refractivity contribution in [3.63, 3.8) is 0 Å². The van der Waals surface area contributed by atoms with Gasteiger partial charge in [0.15, 0.2) is 24.7 Å². The first-order chi connectivity index (χ1) is 64.6. The van der Waals surface area contributed by atoms with Crippen molar-refractivity contribution in [2.24, 2.45) is 5.92 Å². The molecule has 3 aromatic rings. The molecule has 0 radical (unpaired) electrons. The third kappa shape index (κ3) is 50.1. The van der Waals surface area contributed by atoms with Gasteiger partial charge in [-0.15, -0.1) is 13.9 Å². The second-order valence-electron chi connectivity index (χ2n) is 36.8. The number of unbranched alkanes of at least 4 members (excludes halogenated alkanes) is 35. The van der Waals surface area contributed by atoms with Crippen LogP contribution in [0.5, 0.6) is 0 Å². The standard InChI is InChI=1S/C31H50N2O5.C30H57NO4.C25H43N2O8P.C12H16N3O8PS/c1-23(2)19-25-14-16-26(17-15-25)24(3)31(38)32-18-10-6-8-12-28(35)11-7-4-5-9-13-30(37)33-21-29(36)20-27(33)22-34;1-2-3-4-5-6-7-8-9-10-11-12-13-14-15-18-21-28(33)22-19-16-17-20-23-30(35)31-25-29(34)24-27(31)26-32;1-2-3-4-5-6-7-8-9-10-11-12-13-14-15-18-33-23-22(35-36(31)32)20(19-28)34-24(23)27-17-16-21(29)26-25(27)30;1-13-8(18)5-21-10-9(23-24(20)25)6(4-16)22-11(10)15-3-2-7(17)14-12(15)19/h14-17,23-24,27,29,34,36H,4-13,18-22H2,1-3H3,(H,32,38);27,29,32,34H,2-26H2,1H3;16-17,20,22-24,28H,2-15,18-19H2,1H3,(H-,26,29,30,31,32);2-3,6,9-11,16H,4-5H2,1H3,(H2-,13,14,17,18,19,20,25)/p+2/t24-,27-,29+;27-,29+;20-,22?,23+,24-;6-,9?,10+,11-/m0011/s1. The minimum Gasteiger partial charge on any atom is -0.394 e. The van der Waals surface area contributed by atoms with Gasteiger partial charge in [-0.1, -0.05) is 257 Å². The molecule has 0 saturated carbocycles. The molecule has 0 spiro atoms. The number of aromatic nitrogens is 4. The molecule has 36 heteroatoms. The first-order valence-corrected chi connectivity index (χ1v) is 53.9. The normalized spacial score (nSPS) is 20.7. The average Bonchev–Trinajstić information content (AvgIpc) is 1.64. The predicted molar refractivity (Wildman–Crippen MR) is 521 cm³/mol. The smallest absolute Gasteiger partial charge is 0.394 e. The lowest BCUT2D eigenvalue weighted by Crippen LogP contribution is -2.41. The molecular formula is C98H168N8O25P2S+2. The number of ketones is 2. The fourth-order valence-corrected chi connectivity index (χ4v) is 18.7. The van der Waals surface area contributed by atoms with Crippen molar-refractivity contribution in [3.8, 4) is 0 Å². The van der Waals surface area contributed by atoms with E-state index in [1.165, 1.54) is 192 Å². The van der Waals surface area contributed by atoms with E-state index in [0.717, 1.165) is 130 Å². The van der Waals surface area contributed by atoms with Crippen LogP contribution in [0.15, 0.2) is 68.0 Å². The van der Waals surface area contributed by atoms with E-state index in [9.17, 15) is 92.6 Å². The number of carbonyl (C=O) groups is 6. The molecular weight excluding hydrogens is 1780 g/mol. The zero-order valence-electron chi connectivity index (χ0n) is 81.3. The highest BCUT2D eigenvalue weighted by atomic mass is 32.7. The molecule has 33 nitrogen and oxygen atoms in total. The number of aliphatic hydroxyl groups is 6. The number of hydrogen-bond donors (Lipinski definition) is 12. The first-order valence-electron chi connectivity index (χ1n) is 50.5. The Morgan fingerprint density at radius 3 is 1.19 bits per heavy atom. The second-order valence-corrected chi connectivity index (χ2v) is 39.2. The Morgan fingerprint density at radius 2 is 0.836 bits per heavy atom. The van der Waals surface area contributed by atoms with Crippen molar-refractivity contribution in [1.82, 2.24) is 39.5 Å². The maximum absolute atomic E-state index is 12.5. The summed E-state index contributed by atoms with van der Waals surface area (Å²) in [7, 11) is -3.94. The molecule has 6 heterocycles. The summed E-state index contributed by atoms with van der Waals surface area (Å²) >= 11 is 3.67. The van der Waals surface area contributed by atoms with E-state index in [1.807, 2.05) is 6.92 Å². The van der Waals surface area contributed by atoms with Crippen LogP contribution in [0.1, 0.15) is 372 Å². The van der Waals surface area contributed by atoms with Gasteiger partial charge < -0.3 is 70.0 Å². The number of H-pyrrole nitrogens is 2. The Morgan fingerprint density at radius 1 is 0.478 bits per heavy atom. The van der Waals surface area contributed by atoms with Crippen LogP contribution in [0.4, 0.5) is 0 Å². The number of nitrogens with zero attached hydrogens (tertiary/aromatic N) is 4. The van der Waals surface area contributed by atoms with E-state index in [-0.39, 0.29) is 61.3 Å². The second kappa shape index (κ2) is 73.0. The van der Waals surface area contributed by atoms with E-state index >= 15 is 0 Å². The van der Waals surface area contributed by atoms with E-state index in [2.05, 4.69) is 84.8 Å². The lowest BCUT2D eigenvalue weighted by Gasteiger charge is -2.22. The molecule has 4 aliphatic heterocycles. The van der Waals surface area contributed by atoms with Crippen LogP contribution in [0.2, 0.25) is 0 Å². The van der Waals surface area contributed by atoms with Crippen LogP contribution in [0.25, 0.3) is 0 Å². The zero-order chi connectivity index (χ0) is 98.2. The molecule has 4 fully saturated rings. The molecule has 0 bridgehead atoms. The van der Waals surface area contributed by atoms with Crippen molar-refractivity contribution < 1.29 is 101 Å². The summed E-state index contributed by atoms with van der Waals surface area (Å²) in [6, 6.07) is 10.1. The summed E-state index contributed by atoms with van der Waals surface area (Å²) in [5, 5.41) is 62.6. The Balaban J connectivity index is 0.000000377. The maximum atomic E-state index is 12.5. The molecule has 764 valence electrons. The van der Waals surface area contributed by atoms with Crippen molar-refractivity contribution in [2.45, 2.75) is 429 Å². The largest absolute Gasteiger partial charge is 0.695 e. The molecule has 11 N–H and O–H groups in total. The number of hydrogen-bond acceptors (Lipinski definition) is 24. The molecule has 1 aromatic carbocycles. The highest BCUT2D eigenvalue weighted by Gasteiger charge is 2.53. The number of benzene rings is 1. The summed E-state index contributed by atoms with van der Waals surface area (Å²) in [5.74, 6) is 0.754. The molecule has 15 atom stereocenters. The number of likely N-dealkylation sites (tertiary alicyclic amines) is 2. The number of amides is 4. The van der Waals surface area contributed by atoms with Gasteiger partial charge in [0, 0.05) is 101 Å². The fourth-order valence-electron chi connectivity index (χ4n) is 17.4. The SMILES string of the molecule is CC(C)Cc1ccc([C@H](C)C(=O)NCCCCCC(=O)CCCCCCC(=O)N2C[C@H](O)C[C@H]2CO)cc1.CCCCCCCCCCCCCCCCCC(=O)CCCCCCC(=O)N1C[C@H](O)C[C@H]1CO.CCCCCCCCCCCCCCCCO[C@H]1C(O[P+](=O)O)[C@@H](CO)O[C@H]1n1ccc(=O)[nH]c1=O.CNC(=O)CO[C@H]1C(O[P+](=O)S)[C@@H](CO)O[C@H]1n1ccc(=O)[nH]c1=O. The molecule has 134 heavy (non-hydrogen) atoms. The summed E-state index contributed by atoms with van der Waals surface area (Å²) in [6.07, 6.45) is 46.0. The van der Waals surface area contributed by atoms with Crippen LogP contribution in [0.3, 0.4) is 0 Å². The maximum Gasteiger partial charge on any atom is 0.695 e. The third-order valence-electron chi connectivity index (χ3n) is 25.1. The summed E-state index contributed by atoms with van der Waals surface area (Å²) < 4.78 is 57.8. The predicted octanol–water partition coefficient (Wildman–Crippen LogP) is 14.5. The number of nitrogens with one attached hydrogen (secondary N) is 4. The van der Waals surface area contributed by atoms with Crippen LogP contribution in [-0.2, 0) is 72.3 Å². The van der Waals surface area contributed by atoms with Crippen LogP contribution in [0, 0.1) is 5.92 Å². The minimum atomic E-state index is -2.98. The molecule has 4 aliphatic rings. The van der Waals surface area contributed by atoms with Crippen LogP contribution < -0.4 is 33.1 Å². The van der Waals surface area contributed by atoms with Gasteiger partial charge in [-0.25, -0.2) is 9.59 Å². The highest BCUT2D eigenvalue weighted by Crippen LogP contribution is 2.41. The van der Waals surface area contributed by atoms with E-state index in [1.54, 1.807) is 9.80 Å². The van der Waals surface area contributed by atoms with Gasteiger partial charge in [-0.2, -0.15) is 0 Å². The topological polar surface area (TPSA) is 474 Å². The molecule has 4 unspecified atom stereocenters. The Kier molecular flexibility index (Phi) is 65.5. The highest BCUT2D eigenvalue weighted by molar-refractivity contribution is 8.39. The van der Waals surface area contributed by atoms with Gasteiger partial charge in [-0.05, 0) is 99.2 Å². The first kappa shape index (κ1) is 120. The van der Waals surface area contributed by atoms with Gasteiger partial charge in [-0.3, -0.25) is 57.5 Å². The van der Waals surface area contributed by atoms with Crippen LogP contribution >= 0.6 is 27.7 Å². The average molecular weight is 1950 g/mol. The number of ether oxygens (including phenoxy) is 4. The number of thiol groups is 1. The van der Waals surface area contributed by atoms with Crippen molar-refractivity contribution in [2.75, 3.05) is 66.3 Å². The summed E-state index contributed by atoms with van der Waals surface area (Å²) in [4.78, 5) is 136. The lowest BCUT2D eigenvalue weighted by molar-refractivity contribution is -0.133. The number of aliphatic hydroxyl groups excluding tert-OH is 6. The minimum absolute atomic E-state index is 0.00178. The molecule has 0 aliphatic carbocycles. The van der Waals surface area contributed by atoms with E-state index in [0.29, 0.717) is 82.9 Å². The fraction of sp³-hybridized carbons (Fsp3) is 0.796. The van der Waals surface area contributed by atoms with Gasteiger partial charge in [0.1, 0.15) is 54.8 Å². The van der Waals surface area contributed by atoms with Crippen molar-refractivity contribution >= 4 is 62.9 Å². The summed E-state index contributed by atoms with van der Waals surface area (Å²) in [5.41, 5.74) is -0.308. The zero-order valence-corrected chi connectivity index (χ0v) is 84.0. The molecule has 7 rings (SSSR count). The van der Waals surface area contributed by atoms with Gasteiger partial charge >= 0.3 is 26.9 Å².